The van der Waals surface area contributed by atoms with E-state index < -0.39 is 0 Å². The molecule has 1 atom stereocenters. The highest BCUT2D eigenvalue weighted by molar-refractivity contribution is 4.30. The van der Waals surface area contributed by atoms with Crippen LogP contribution in [0.3, 0.4) is 0 Å². The van der Waals surface area contributed by atoms with E-state index in [4.69, 9.17) is 10.5 Å². The molecule has 0 aliphatic carbocycles. The molecule has 1 unspecified atom stereocenters. The molecule has 9 heavy (non-hydrogen) atoms. The van der Waals surface area contributed by atoms with Crippen LogP contribution in [-0.4, -0.2) is 33.4 Å². The van der Waals surface area contributed by atoms with E-state index in [1.54, 1.807) is 7.05 Å². The third-order valence-electron chi connectivity index (χ3n) is 0.861. The molecule has 0 saturated carbocycles. The zero-order valence-electron chi connectivity index (χ0n) is 5.72. The van der Waals surface area contributed by atoms with Gasteiger partial charge in [-0.25, -0.2) is 0 Å². The quantitative estimate of drug-likeness (QED) is 0.337. The van der Waals surface area contributed by atoms with Crippen LogP contribution in [0.15, 0.2) is 0 Å². The summed E-state index contributed by atoms with van der Waals surface area (Å²) in [6.07, 6.45) is 0. The number of ether oxygens (including phenoxy) is 1. The third-order valence-corrected chi connectivity index (χ3v) is 0.861. The van der Waals surface area contributed by atoms with Gasteiger partial charge in [-0.3, -0.25) is 0 Å². The van der Waals surface area contributed by atoms with Gasteiger partial charge in [0.05, 0.1) is 20.3 Å². The Labute approximate surface area is 55.2 Å². The molecule has 0 spiro atoms. The molecule has 0 saturated heterocycles. The molecule has 4 nitrogen and oxygen atoms in total. The van der Waals surface area contributed by atoms with E-state index in [0.29, 0.717) is 26.3 Å². The molecule has 0 bridgehead atoms. The van der Waals surface area contributed by atoms with Gasteiger partial charge in [0.2, 0.25) is 0 Å². The van der Waals surface area contributed by atoms with Crippen molar-refractivity contribution in [1.82, 2.24) is 0 Å². The number of likely N-dealkylation sites (N-methyl/N-ethyl adjacent to an activating group) is 1. The van der Waals surface area contributed by atoms with E-state index in [1.807, 2.05) is 0 Å². The predicted octanol–water partition coefficient (Wildman–Crippen LogP) is -2.03. The topological polar surface area (TPSA) is 62.8 Å². The zero-order valence-corrected chi connectivity index (χ0v) is 5.72. The molecular formula is C5H14N2O2. The first kappa shape index (κ1) is 8.84. The van der Waals surface area contributed by atoms with Crippen LogP contribution in [0.4, 0.5) is 0 Å². The van der Waals surface area contributed by atoms with Gasteiger partial charge in [0.1, 0.15) is 6.54 Å². The Morgan fingerprint density at radius 3 is 2.67 bits per heavy atom. The monoisotopic (exact) mass is 134 g/mol. The summed E-state index contributed by atoms with van der Waals surface area (Å²) in [6.45, 7) is 2.08. The molecule has 0 aliphatic heterocycles. The molecule has 0 aromatic carbocycles. The van der Waals surface area contributed by atoms with Crippen LogP contribution in [0.2, 0.25) is 0 Å². The van der Waals surface area contributed by atoms with Crippen molar-refractivity contribution in [3.63, 3.8) is 0 Å². The summed E-state index contributed by atoms with van der Waals surface area (Å²) in [4.78, 5) is 0. The van der Waals surface area contributed by atoms with Gasteiger partial charge in [0.25, 0.3) is 0 Å². The van der Waals surface area contributed by atoms with E-state index >= 15 is 0 Å². The van der Waals surface area contributed by atoms with Gasteiger partial charge in [0.15, 0.2) is 0 Å². The van der Waals surface area contributed by atoms with Gasteiger partial charge in [-0.05, 0) is 0 Å². The van der Waals surface area contributed by atoms with Gasteiger partial charge in [0, 0.05) is 6.54 Å². The first-order valence-electron chi connectivity index (χ1n) is 3.04. The fraction of sp³-hybridized carbons (Fsp3) is 1.00. The molecule has 0 aromatic heterocycles. The first-order chi connectivity index (χ1) is 4.27. The minimum atomic E-state index is 0.159. The van der Waals surface area contributed by atoms with Crippen molar-refractivity contribution in [2.75, 3.05) is 33.4 Å². The Bertz CT molecular complexity index is 58.9. The number of quaternary nitrogens is 1. The molecule has 56 valence electrons. The second kappa shape index (κ2) is 5.97. The normalized spacial score (nSPS) is 13.7. The Kier molecular flexibility index (Phi) is 5.86. The van der Waals surface area contributed by atoms with E-state index in [-0.39, 0.29) is 5.06 Å². The van der Waals surface area contributed by atoms with Gasteiger partial charge in [-0.1, -0.05) is 0 Å². The Hall–Kier alpha value is -0.160. The summed E-state index contributed by atoms with van der Waals surface area (Å²) < 4.78 is 4.95. The number of nitrogens with two attached hydrogens (primary N) is 1. The van der Waals surface area contributed by atoms with Gasteiger partial charge < -0.3 is 20.7 Å². The number of nitrogens with one attached hydrogen (secondary N) is 1. The maximum atomic E-state index is 10.3. The summed E-state index contributed by atoms with van der Waals surface area (Å²) >= 11 is 0. The molecule has 0 fully saturated rings. The van der Waals surface area contributed by atoms with Crippen molar-refractivity contribution in [3.05, 3.63) is 5.21 Å². The second-order valence-corrected chi connectivity index (χ2v) is 1.85. The maximum Gasteiger partial charge on any atom is 0.100 e. The average molecular weight is 134 g/mol. The SMILES string of the molecule is C[NH+]([O-])CCOCCN. The van der Waals surface area contributed by atoms with Crippen molar-refractivity contribution in [2.24, 2.45) is 5.73 Å². The highest BCUT2D eigenvalue weighted by atomic mass is 16.5. The molecule has 0 aromatic rings. The van der Waals surface area contributed by atoms with Crippen molar-refractivity contribution in [3.8, 4) is 0 Å². The van der Waals surface area contributed by atoms with Crippen LogP contribution in [-0.2, 0) is 4.74 Å². The summed E-state index contributed by atoms with van der Waals surface area (Å²) in [6, 6.07) is 0. The van der Waals surface area contributed by atoms with Crippen LogP contribution in [0.5, 0.6) is 0 Å². The van der Waals surface area contributed by atoms with Crippen molar-refractivity contribution in [1.29, 1.82) is 0 Å². The first-order valence-corrected chi connectivity index (χ1v) is 3.04. The Balaban J connectivity index is 2.75. The minimum Gasteiger partial charge on any atom is -0.634 e. The lowest BCUT2D eigenvalue weighted by Gasteiger charge is -2.15. The molecule has 0 aliphatic rings. The van der Waals surface area contributed by atoms with Crippen LogP contribution < -0.4 is 10.8 Å². The largest absolute Gasteiger partial charge is 0.634 e. The third kappa shape index (κ3) is 7.84. The van der Waals surface area contributed by atoms with Crippen LogP contribution in [0, 0.1) is 5.21 Å². The fourth-order valence-corrected chi connectivity index (χ4v) is 0.401. The van der Waals surface area contributed by atoms with Crippen LogP contribution in [0.25, 0.3) is 0 Å². The minimum absolute atomic E-state index is 0.159. The lowest BCUT2D eigenvalue weighted by atomic mass is 10.6. The van der Waals surface area contributed by atoms with Gasteiger partial charge >= 0.3 is 0 Å². The zero-order chi connectivity index (χ0) is 7.11. The predicted molar refractivity (Wildman–Crippen MR) is 35.0 cm³/mol. The molecular weight excluding hydrogens is 120 g/mol. The Morgan fingerprint density at radius 1 is 1.56 bits per heavy atom. The van der Waals surface area contributed by atoms with E-state index in [0.717, 1.165) is 0 Å². The standard InChI is InChI=1S/C5H14N2O2/c1-7(8)3-5-9-4-2-6/h7H,2-6H2,1H3. The molecule has 0 rings (SSSR count). The molecule has 0 heterocycles. The number of hydrogen-bond acceptors (Lipinski definition) is 3. The van der Waals surface area contributed by atoms with Crippen LogP contribution >= 0.6 is 0 Å². The summed E-state index contributed by atoms with van der Waals surface area (Å²) in [5.74, 6) is 0. The van der Waals surface area contributed by atoms with Crippen LogP contribution in [0.1, 0.15) is 0 Å². The molecule has 0 amide bonds. The lowest BCUT2D eigenvalue weighted by molar-refractivity contribution is -0.826. The summed E-state index contributed by atoms with van der Waals surface area (Å²) in [5.41, 5.74) is 5.14. The van der Waals surface area contributed by atoms with Gasteiger partial charge in [-0.15, -0.1) is 0 Å². The number of hydroxylamine groups is 2. The van der Waals surface area contributed by atoms with Crippen molar-refractivity contribution in [2.45, 2.75) is 0 Å². The lowest BCUT2D eigenvalue weighted by Crippen LogP contribution is -3.04. The van der Waals surface area contributed by atoms with E-state index in [9.17, 15) is 5.21 Å². The summed E-state index contributed by atoms with van der Waals surface area (Å²) in [5, 5.41) is 10.5. The van der Waals surface area contributed by atoms with Gasteiger partial charge in [-0.2, -0.15) is 0 Å². The molecule has 3 N–H and O–H groups in total. The van der Waals surface area contributed by atoms with E-state index in [2.05, 4.69) is 0 Å². The second-order valence-electron chi connectivity index (χ2n) is 1.85. The highest BCUT2D eigenvalue weighted by Crippen LogP contribution is 1.65. The highest BCUT2D eigenvalue weighted by Gasteiger charge is 1.87. The smallest absolute Gasteiger partial charge is 0.100 e. The molecule has 0 radical (unpaired) electrons. The van der Waals surface area contributed by atoms with Crippen molar-refractivity contribution < 1.29 is 9.80 Å². The Morgan fingerprint density at radius 2 is 2.22 bits per heavy atom. The molecule has 4 heteroatoms. The van der Waals surface area contributed by atoms with Crippen molar-refractivity contribution >= 4 is 0 Å². The maximum absolute atomic E-state index is 10.3. The number of rotatable bonds is 5. The summed E-state index contributed by atoms with van der Waals surface area (Å²) in [7, 11) is 1.55. The number of hydrogen-bond donors (Lipinski definition) is 2. The van der Waals surface area contributed by atoms with E-state index in [1.165, 1.54) is 0 Å². The fourth-order valence-electron chi connectivity index (χ4n) is 0.401. The average Bonchev–Trinajstić information content (AvgIpc) is 1.80.